The maximum Gasteiger partial charge on any atom is 0.203 e. The summed E-state index contributed by atoms with van der Waals surface area (Å²) >= 11 is 1.51. The van der Waals surface area contributed by atoms with Crippen molar-refractivity contribution in [1.29, 1.82) is 0 Å². The van der Waals surface area contributed by atoms with E-state index in [1.807, 2.05) is 30.5 Å². The van der Waals surface area contributed by atoms with Crippen LogP contribution in [0.25, 0.3) is 0 Å². The Morgan fingerprint density at radius 1 is 1.15 bits per heavy atom. The summed E-state index contributed by atoms with van der Waals surface area (Å²) in [5.74, 6) is 1.34. The number of para-hydroxylation sites is 1. The fourth-order valence-corrected chi connectivity index (χ4v) is 2.99. The Balaban J connectivity index is 1.75. The minimum Gasteiger partial charge on any atom is -0.493 e. The first kappa shape index (κ1) is 17.9. The van der Waals surface area contributed by atoms with Crippen molar-refractivity contribution >= 4 is 22.7 Å². The van der Waals surface area contributed by atoms with Crippen molar-refractivity contribution in [2.24, 2.45) is 5.10 Å². The Labute approximate surface area is 157 Å². The number of aromatic nitrogens is 1. The first-order chi connectivity index (χ1) is 12.7. The quantitative estimate of drug-likeness (QED) is 0.482. The zero-order valence-electron chi connectivity index (χ0n) is 15.0. The van der Waals surface area contributed by atoms with E-state index in [4.69, 9.17) is 9.47 Å². The minimum atomic E-state index is 0.459. The molecule has 3 aromatic rings. The number of hydrogen-bond acceptors (Lipinski definition) is 6. The maximum absolute atomic E-state index is 6.03. The van der Waals surface area contributed by atoms with Gasteiger partial charge >= 0.3 is 0 Å². The lowest BCUT2D eigenvalue weighted by molar-refractivity contribution is 0.284. The van der Waals surface area contributed by atoms with Crippen molar-refractivity contribution < 1.29 is 9.47 Å². The van der Waals surface area contributed by atoms with E-state index >= 15 is 0 Å². The number of hydrogen-bond donors (Lipinski definition) is 1. The van der Waals surface area contributed by atoms with Crippen molar-refractivity contribution in [1.82, 2.24) is 4.98 Å². The topological polar surface area (TPSA) is 55.7 Å². The predicted octanol–water partition coefficient (Wildman–Crippen LogP) is 4.79. The van der Waals surface area contributed by atoms with E-state index in [1.54, 1.807) is 13.3 Å². The van der Waals surface area contributed by atoms with Gasteiger partial charge in [0.2, 0.25) is 5.13 Å². The number of nitrogens with zero attached hydrogens (tertiary/aromatic N) is 2. The van der Waals surface area contributed by atoms with Crippen LogP contribution < -0.4 is 14.9 Å². The third-order valence-electron chi connectivity index (χ3n) is 3.72. The van der Waals surface area contributed by atoms with Crippen LogP contribution in [0, 0.1) is 13.8 Å². The Kier molecular flexibility index (Phi) is 5.86. The van der Waals surface area contributed by atoms with E-state index in [-0.39, 0.29) is 0 Å². The number of anilines is 1. The molecule has 0 aliphatic rings. The Hall–Kier alpha value is -2.86. The molecule has 1 heterocycles. The van der Waals surface area contributed by atoms with E-state index in [2.05, 4.69) is 46.7 Å². The summed E-state index contributed by atoms with van der Waals surface area (Å²) in [5, 5.41) is 6.99. The van der Waals surface area contributed by atoms with Crippen LogP contribution in [-0.2, 0) is 6.61 Å². The van der Waals surface area contributed by atoms with Gasteiger partial charge in [0.25, 0.3) is 0 Å². The summed E-state index contributed by atoms with van der Waals surface area (Å²) in [6.07, 6.45) is 1.71. The Morgan fingerprint density at radius 3 is 2.65 bits per heavy atom. The van der Waals surface area contributed by atoms with Crippen LogP contribution in [0.4, 0.5) is 5.13 Å². The van der Waals surface area contributed by atoms with Gasteiger partial charge in [0.1, 0.15) is 6.61 Å². The smallest absolute Gasteiger partial charge is 0.203 e. The SMILES string of the molecule is COc1cccc(C=NNc2nc(C)cs2)c1OCc1ccc(C)cc1. The van der Waals surface area contributed by atoms with Gasteiger partial charge < -0.3 is 9.47 Å². The van der Waals surface area contributed by atoms with Gasteiger partial charge in [0, 0.05) is 10.9 Å². The van der Waals surface area contributed by atoms with E-state index < -0.39 is 0 Å². The molecule has 26 heavy (non-hydrogen) atoms. The predicted molar refractivity (Wildman–Crippen MR) is 107 cm³/mol. The zero-order chi connectivity index (χ0) is 18.4. The molecule has 5 nitrogen and oxygen atoms in total. The summed E-state index contributed by atoms with van der Waals surface area (Å²) in [6, 6.07) is 14.0. The summed E-state index contributed by atoms with van der Waals surface area (Å²) in [5.41, 5.74) is 7.06. The number of rotatable bonds is 7. The molecular weight excluding hydrogens is 346 g/mol. The molecule has 0 atom stereocenters. The molecule has 0 aliphatic heterocycles. The van der Waals surface area contributed by atoms with Gasteiger partial charge in [0.15, 0.2) is 11.5 Å². The number of methoxy groups -OCH3 is 1. The molecule has 0 spiro atoms. The molecule has 6 heteroatoms. The molecule has 0 amide bonds. The molecule has 1 aromatic heterocycles. The highest BCUT2D eigenvalue weighted by Gasteiger charge is 2.10. The molecule has 134 valence electrons. The number of aryl methyl sites for hydroxylation is 2. The third-order valence-corrected chi connectivity index (χ3v) is 4.58. The lowest BCUT2D eigenvalue weighted by atomic mass is 10.1. The van der Waals surface area contributed by atoms with Crippen molar-refractivity contribution in [3.8, 4) is 11.5 Å². The largest absolute Gasteiger partial charge is 0.493 e. The van der Waals surface area contributed by atoms with Gasteiger partial charge in [-0.15, -0.1) is 11.3 Å². The van der Waals surface area contributed by atoms with E-state index in [0.29, 0.717) is 18.1 Å². The summed E-state index contributed by atoms with van der Waals surface area (Å²) in [7, 11) is 1.63. The average Bonchev–Trinajstić information content (AvgIpc) is 3.07. The molecule has 1 N–H and O–H groups in total. The second-order valence-corrected chi connectivity index (χ2v) is 6.68. The molecule has 0 saturated heterocycles. The number of nitrogens with one attached hydrogen (secondary N) is 1. The van der Waals surface area contributed by atoms with Crippen LogP contribution in [0.1, 0.15) is 22.4 Å². The van der Waals surface area contributed by atoms with Crippen molar-refractivity contribution in [3.05, 3.63) is 70.2 Å². The monoisotopic (exact) mass is 367 g/mol. The molecule has 2 aromatic carbocycles. The lowest BCUT2D eigenvalue weighted by Crippen LogP contribution is -2.01. The number of thiazole rings is 1. The molecule has 0 fully saturated rings. The molecule has 0 bridgehead atoms. The summed E-state index contributed by atoms with van der Waals surface area (Å²) < 4.78 is 11.5. The first-order valence-electron chi connectivity index (χ1n) is 8.22. The summed E-state index contributed by atoms with van der Waals surface area (Å²) in [6.45, 7) is 4.47. The van der Waals surface area contributed by atoms with Gasteiger partial charge in [-0.1, -0.05) is 35.9 Å². The Morgan fingerprint density at radius 2 is 1.96 bits per heavy atom. The minimum absolute atomic E-state index is 0.459. The first-order valence-corrected chi connectivity index (χ1v) is 9.10. The van der Waals surface area contributed by atoms with Crippen LogP contribution in [-0.4, -0.2) is 18.3 Å². The fraction of sp³-hybridized carbons (Fsp3) is 0.200. The maximum atomic E-state index is 6.03. The Bertz CT molecular complexity index is 888. The fourth-order valence-electron chi connectivity index (χ4n) is 2.35. The van der Waals surface area contributed by atoms with Gasteiger partial charge in [-0.2, -0.15) is 5.10 Å². The van der Waals surface area contributed by atoms with Crippen molar-refractivity contribution in [2.45, 2.75) is 20.5 Å². The number of ether oxygens (including phenoxy) is 2. The second kappa shape index (κ2) is 8.49. The average molecular weight is 367 g/mol. The third kappa shape index (κ3) is 4.61. The van der Waals surface area contributed by atoms with Gasteiger partial charge in [0.05, 0.1) is 19.0 Å². The van der Waals surface area contributed by atoms with E-state index in [1.165, 1.54) is 16.9 Å². The molecule has 0 unspecified atom stereocenters. The lowest BCUT2D eigenvalue weighted by Gasteiger charge is -2.13. The highest BCUT2D eigenvalue weighted by molar-refractivity contribution is 7.13. The highest BCUT2D eigenvalue weighted by Crippen LogP contribution is 2.31. The number of hydrazone groups is 1. The van der Waals surface area contributed by atoms with Crippen LogP contribution in [0.5, 0.6) is 11.5 Å². The van der Waals surface area contributed by atoms with Crippen LogP contribution in [0.3, 0.4) is 0 Å². The normalized spacial score (nSPS) is 10.9. The van der Waals surface area contributed by atoms with Crippen molar-refractivity contribution in [3.63, 3.8) is 0 Å². The molecule has 3 rings (SSSR count). The molecule has 0 saturated carbocycles. The van der Waals surface area contributed by atoms with Gasteiger partial charge in [-0.05, 0) is 31.5 Å². The molecular formula is C20H21N3O2S. The van der Waals surface area contributed by atoms with E-state index in [9.17, 15) is 0 Å². The van der Waals surface area contributed by atoms with Gasteiger partial charge in [-0.25, -0.2) is 4.98 Å². The summed E-state index contributed by atoms with van der Waals surface area (Å²) in [4.78, 5) is 4.32. The van der Waals surface area contributed by atoms with Crippen LogP contribution in [0.15, 0.2) is 52.9 Å². The molecule has 0 radical (unpaired) electrons. The number of benzene rings is 2. The van der Waals surface area contributed by atoms with Crippen LogP contribution in [0.2, 0.25) is 0 Å². The highest BCUT2D eigenvalue weighted by atomic mass is 32.1. The van der Waals surface area contributed by atoms with Crippen molar-refractivity contribution in [2.75, 3.05) is 12.5 Å². The molecule has 0 aliphatic carbocycles. The van der Waals surface area contributed by atoms with Crippen LogP contribution >= 0.6 is 11.3 Å². The standard InChI is InChI=1S/C20H21N3O2S/c1-14-7-9-16(10-8-14)12-25-19-17(5-4-6-18(19)24-3)11-21-23-20-22-15(2)13-26-20/h4-11,13H,12H2,1-3H3,(H,22,23). The second-order valence-electron chi connectivity index (χ2n) is 5.82. The van der Waals surface area contributed by atoms with Gasteiger partial charge in [-0.3, -0.25) is 5.43 Å². The van der Waals surface area contributed by atoms with E-state index in [0.717, 1.165) is 22.0 Å². The zero-order valence-corrected chi connectivity index (χ0v) is 15.8.